The van der Waals surface area contributed by atoms with Crippen molar-refractivity contribution in [3.63, 3.8) is 0 Å². The zero-order chi connectivity index (χ0) is 22.3. The van der Waals surface area contributed by atoms with Crippen molar-refractivity contribution < 1.29 is 10.2 Å². The number of hydrogen-bond donors (Lipinski definition) is 0. The molecular formula is C25H28O. The Morgan fingerprint density at radius 2 is 1.27 bits per heavy atom. The minimum Gasteiger partial charge on any atom is -0.496 e. The highest BCUT2D eigenvalue weighted by Gasteiger charge is 2.24. The van der Waals surface area contributed by atoms with Crippen molar-refractivity contribution in [2.24, 2.45) is 0 Å². The van der Waals surface area contributed by atoms with Crippen LogP contribution in [-0.2, 0) is 10.8 Å². The topological polar surface area (TPSA) is 9.23 Å². The van der Waals surface area contributed by atoms with Gasteiger partial charge >= 0.3 is 0 Å². The first kappa shape index (κ1) is 13.0. The van der Waals surface area contributed by atoms with Gasteiger partial charge in [-0.3, -0.25) is 0 Å². The molecule has 26 heavy (non-hydrogen) atoms. The Balaban J connectivity index is 2.41. The van der Waals surface area contributed by atoms with E-state index in [0.29, 0.717) is 27.3 Å². The first-order valence-corrected chi connectivity index (χ1v) is 9.09. The van der Waals surface area contributed by atoms with E-state index in [9.17, 15) is 0 Å². The highest BCUT2D eigenvalue weighted by Crippen LogP contribution is 2.44. The van der Waals surface area contributed by atoms with Gasteiger partial charge in [0, 0.05) is 16.3 Å². The maximum Gasteiger partial charge on any atom is 0.130 e. The minimum absolute atomic E-state index is 0.111. The van der Waals surface area contributed by atoms with Gasteiger partial charge in [0.2, 0.25) is 0 Å². The Hall–Kier alpha value is -2.28. The van der Waals surface area contributed by atoms with Crippen LogP contribution in [0.1, 0.15) is 58.2 Å². The van der Waals surface area contributed by atoms with Crippen molar-refractivity contribution in [3.8, 4) is 5.75 Å². The van der Waals surface area contributed by atoms with Crippen molar-refractivity contribution in [2.45, 2.75) is 52.4 Å². The summed E-state index contributed by atoms with van der Waals surface area (Å²) < 4.78 is 41.0. The minimum atomic E-state index is -0.279. The summed E-state index contributed by atoms with van der Waals surface area (Å²) in [6.07, 6.45) is 0. The molecule has 0 bridgehead atoms. The third kappa shape index (κ3) is 2.45. The van der Waals surface area contributed by atoms with Crippen LogP contribution in [0.25, 0.3) is 32.3 Å². The summed E-state index contributed by atoms with van der Waals surface area (Å²) in [5.74, 6) is 0.591. The number of rotatable bonds is 1. The van der Waals surface area contributed by atoms with E-state index >= 15 is 0 Å². The Morgan fingerprint density at radius 3 is 1.77 bits per heavy atom. The van der Waals surface area contributed by atoms with Gasteiger partial charge in [0.05, 0.1) is 12.6 Å². The van der Waals surface area contributed by atoms with Crippen LogP contribution in [0.3, 0.4) is 0 Å². The maximum atomic E-state index is 8.86. The molecule has 0 spiro atoms. The lowest BCUT2D eigenvalue weighted by atomic mass is 9.80. The van der Waals surface area contributed by atoms with E-state index in [0.717, 1.165) is 21.9 Å². The Bertz CT molecular complexity index is 1310. The summed E-state index contributed by atoms with van der Waals surface area (Å²) in [6.45, 7) is 12.5. The molecule has 0 radical (unpaired) electrons. The van der Waals surface area contributed by atoms with Gasteiger partial charge in [0.25, 0.3) is 0 Å². The molecule has 0 atom stereocenters. The summed E-state index contributed by atoms with van der Waals surface area (Å²) in [5.41, 5.74) is 1.42. The number of methoxy groups -OCH3 is 1. The molecular weight excluding hydrogens is 316 g/mol. The van der Waals surface area contributed by atoms with Gasteiger partial charge < -0.3 is 4.74 Å². The zero-order valence-electron chi connectivity index (χ0n) is 20.6. The lowest BCUT2D eigenvalue weighted by molar-refractivity contribution is 0.403. The van der Waals surface area contributed by atoms with Crippen LogP contribution < -0.4 is 4.74 Å². The molecule has 4 aromatic rings. The van der Waals surface area contributed by atoms with Gasteiger partial charge in [-0.1, -0.05) is 71.8 Å². The molecule has 4 aromatic carbocycles. The van der Waals surface area contributed by atoms with Gasteiger partial charge in [-0.2, -0.15) is 0 Å². The van der Waals surface area contributed by atoms with Crippen LogP contribution in [0, 0.1) is 0 Å². The predicted molar refractivity (Wildman–Crippen MR) is 114 cm³/mol. The van der Waals surface area contributed by atoms with Crippen molar-refractivity contribution in [1.82, 2.24) is 0 Å². The SMILES string of the molecule is [2H]c1c([2H])c2cc(C(C)(C)C)c(OC)c3c([2H])c([2H])c4cc(C(C)(C)C)cc1c4c23. The van der Waals surface area contributed by atoms with Gasteiger partial charge in [-0.15, -0.1) is 0 Å². The van der Waals surface area contributed by atoms with Crippen molar-refractivity contribution in [1.29, 1.82) is 0 Å². The average molecular weight is 349 g/mol. The monoisotopic (exact) mass is 348 g/mol. The fraction of sp³-hybridized carbons (Fsp3) is 0.360. The third-order valence-electron chi connectivity index (χ3n) is 5.20. The molecule has 0 N–H and O–H groups in total. The largest absolute Gasteiger partial charge is 0.496 e. The summed E-state index contributed by atoms with van der Waals surface area (Å²) in [6, 6.07) is 6.48. The summed E-state index contributed by atoms with van der Waals surface area (Å²) in [7, 11) is 1.60. The zero-order valence-corrected chi connectivity index (χ0v) is 16.6. The summed E-state index contributed by atoms with van der Waals surface area (Å²) in [4.78, 5) is 0. The van der Waals surface area contributed by atoms with Gasteiger partial charge in [-0.25, -0.2) is 0 Å². The maximum absolute atomic E-state index is 8.86. The van der Waals surface area contributed by atoms with Crippen LogP contribution in [0.5, 0.6) is 5.75 Å². The lowest BCUT2D eigenvalue weighted by Gasteiger charge is -2.26. The fourth-order valence-electron chi connectivity index (χ4n) is 3.72. The molecule has 0 aliphatic heterocycles. The standard InChI is InChI=1S/C25H28O/c1-24(2,3)18-12-15-8-9-17-14-20(25(4,5)6)23(26-7)19-11-10-16(13-18)21(15)22(17)19/h8-14H,1-7H3/i8D,9D,10D,11D. The first-order valence-electron chi connectivity index (χ1n) is 11.1. The van der Waals surface area contributed by atoms with Gasteiger partial charge in [-0.05, 0) is 50.0 Å². The number of ether oxygens (including phenoxy) is 1. The average Bonchev–Trinajstić information content (AvgIpc) is 2.66. The van der Waals surface area contributed by atoms with Crippen LogP contribution in [0.4, 0.5) is 0 Å². The molecule has 0 heterocycles. The Labute approximate surface area is 161 Å². The molecule has 1 heteroatoms. The van der Waals surface area contributed by atoms with Crippen LogP contribution in [0.2, 0.25) is 0 Å². The molecule has 0 amide bonds. The van der Waals surface area contributed by atoms with Gasteiger partial charge in [0.15, 0.2) is 0 Å². The van der Waals surface area contributed by atoms with Crippen LogP contribution >= 0.6 is 0 Å². The van der Waals surface area contributed by atoms with E-state index in [1.54, 1.807) is 7.11 Å². The molecule has 134 valence electrons. The Morgan fingerprint density at radius 1 is 0.731 bits per heavy atom. The second-order valence-corrected chi connectivity index (χ2v) is 9.20. The Kier molecular flexibility index (Phi) is 2.67. The molecule has 1 nitrogen and oxygen atoms in total. The molecule has 0 saturated heterocycles. The molecule has 4 rings (SSSR count). The fourth-order valence-corrected chi connectivity index (χ4v) is 3.72. The second-order valence-electron chi connectivity index (χ2n) is 9.20. The molecule has 0 fully saturated rings. The van der Waals surface area contributed by atoms with Crippen molar-refractivity contribution in [2.75, 3.05) is 7.11 Å². The third-order valence-corrected chi connectivity index (χ3v) is 5.20. The van der Waals surface area contributed by atoms with E-state index in [2.05, 4.69) is 41.5 Å². The number of hydrogen-bond acceptors (Lipinski definition) is 1. The quantitative estimate of drug-likeness (QED) is 0.331. The van der Waals surface area contributed by atoms with Gasteiger partial charge in [0.1, 0.15) is 5.75 Å². The smallest absolute Gasteiger partial charge is 0.130 e. The number of benzene rings is 4. The normalized spacial score (nSPS) is 15.3. The predicted octanol–water partition coefficient (Wildman–Crippen LogP) is 7.19. The molecule has 0 saturated carbocycles. The van der Waals surface area contributed by atoms with Crippen molar-refractivity contribution in [3.05, 3.63) is 53.5 Å². The molecule has 0 aliphatic rings. The molecule has 0 unspecified atom stereocenters. The highest BCUT2D eigenvalue weighted by atomic mass is 16.5. The lowest BCUT2D eigenvalue weighted by Crippen LogP contribution is -2.13. The van der Waals surface area contributed by atoms with E-state index in [1.807, 2.05) is 18.2 Å². The highest BCUT2D eigenvalue weighted by molar-refractivity contribution is 6.24. The summed E-state index contributed by atoms with van der Waals surface area (Å²) in [5, 5.41) is 4.09. The molecule has 0 aliphatic carbocycles. The van der Waals surface area contributed by atoms with E-state index in [1.165, 1.54) is 0 Å². The summed E-state index contributed by atoms with van der Waals surface area (Å²) >= 11 is 0. The van der Waals surface area contributed by atoms with E-state index in [4.69, 9.17) is 10.2 Å². The van der Waals surface area contributed by atoms with Crippen LogP contribution in [-0.4, -0.2) is 7.11 Å². The molecule has 0 aromatic heterocycles. The van der Waals surface area contributed by atoms with Crippen LogP contribution in [0.15, 0.2) is 42.4 Å². The van der Waals surface area contributed by atoms with E-state index < -0.39 is 0 Å². The second kappa shape index (κ2) is 5.36. The van der Waals surface area contributed by atoms with E-state index in [-0.39, 0.29) is 35.0 Å². The first-order chi connectivity index (χ1) is 13.8. The van der Waals surface area contributed by atoms with Crippen molar-refractivity contribution >= 4 is 32.3 Å².